The molecule has 0 fully saturated rings. The number of hydrogen-bond acceptors (Lipinski definition) is 5. The number of anilines is 1. The molecule has 3 N–H and O–H groups in total. The SMILES string of the molecule is CCOc1ccc(OCC)c(NC(=O)c2ccc(Cl)c(S(N)(=O)=O)c2)c1. The van der Waals surface area contributed by atoms with Crippen molar-refractivity contribution >= 4 is 33.2 Å². The predicted molar refractivity (Wildman–Crippen MR) is 99.6 cm³/mol. The molecule has 0 saturated heterocycles. The van der Waals surface area contributed by atoms with Gasteiger partial charge in [-0.2, -0.15) is 0 Å². The lowest BCUT2D eigenvalue weighted by atomic mass is 10.2. The third-order valence-corrected chi connectivity index (χ3v) is 4.70. The van der Waals surface area contributed by atoms with Gasteiger partial charge in [-0.05, 0) is 44.2 Å². The molecule has 0 spiro atoms. The number of primary sulfonamides is 1. The summed E-state index contributed by atoms with van der Waals surface area (Å²) >= 11 is 5.84. The number of benzene rings is 2. The summed E-state index contributed by atoms with van der Waals surface area (Å²) in [6.45, 7) is 4.54. The molecule has 0 aliphatic carbocycles. The van der Waals surface area contributed by atoms with E-state index in [4.69, 9.17) is 26.2 Å². The van der Waals surface area contributed by atoms with Gasteiger partial charge in [0.25, 0.3) is 5.91 Å². The number of ether oxygens (including phenoxy) is 2. The third-order valence-electron chi connectivity index (χ3n) is 3.31. The van der Waals surface area contributed by atoms with Crippen molar-refractivity contribution in [2.45, 2.75) is 18.7 Å². The van der Waals surface area contributed by atoms with Crippen molar-refractivity contribution in [1.82, 2.24) is 0 Å². The van der Waals surface area contributed by atoms with Crippen LogP contribution in [-0.2, 0) is 10.0 Å². The molecule has 0 aliphatic rings. The van der Waals surface area contributed by atoms with E-state index in [1.807, 2.05) is 13.8 Å². The van der Waals surface area contributed by atoms with E-state index < -0.39 is 15.9 Å². The molecule has 7 nitrogen and oxygen atoms in total. The van der Waals surface area contributed by atoms with Gasteiger partial charge < -0.3 is 14.8 Å². The first-order chi connectivity index (χ1) is 12.3. The molecular weight excluding hydrogens is 380 g/mol. The third kappa shape index (κ3) is 4.87. The number of amides is 1. The van der Waals surface area contributed by atoms with E-state index in [1.54, 1.807) is 18.2 Å². The Bertz CT molecular complexity index is 915. The average molecular weight is 399 g/mol. The number of nitrogens with two attached hydrogens (primary N) is 1. The zero-order valence-electron chi connectivity index (χ0n) is 14.3. The van der Waals surface area contributed by atoms with Crippen LogP contribution in [0, 0.1) is 0 Å². The maximum absolute atomic E-state index is 12.5. The van der Waals surface area contributed by atoms with Crippen LogP contribution < -0.4 is 19.9 Å². The second kappa shape index (κ2) is 8.39. The lowest BCUT2D eigenvalue weighted by molar-refractivity contribution is 0.102. The molecule has 2 rings (SSSR count). The van der Waals surface area contributed by atoms with Crippen LogP contribution in [0.3, 0.4) is 0 Å². The van der Waals surface area contributed by atoms with Crippen LogP contribution in [0.5, 0.6) is 11.5 Å². The fraction of sp³-hybridized carbons (Fsp3) is 0.235. The molecule has 9 heteroatoms. The van der Waals surface area contributed by atoms with Crippen LogP contribution in [0.1, 0.15) is 24.2 Å². The summed E-state index contributed by atoms with van der Waals surface area (Å²) in [7, 11) is -4.05. The molecule has 0 radical (unpaired) electrons. The summed E-state index contributed by atoms with van der Waals surface area (Å²) < 4.78 is 34.1. The van der Waals surface area contributed by atoms with Gasteiger partial charge in [-0.1, -0.05) is 11.6 Å². The Kier molecular flexibility index (Phi) is 6.47. The minimum absolute atomic E-state index is 0.0580. The fourth-order valence-corrected chi connectivity index (χ4v) is 3.27. The standard InChI is InChI=1S/C17H19ClN2O5S/c1-3-24-12-6-8-15(25-4-2)14(10-12)20-17(21)11-5-7-13(18)16(9-11)26(19,22)23/h5-10H,3-4H2,1-2H3,(H,20,21)(H2,19,22,23). The zero-order valence-corrected chi connectivity index (χ0v) is 15.9. The number of nitrogens with one attached hydrogen (secondary N) is 1. The summed E-state index contributed by atoms with van der Waals surface area (Å²) in [5, 5.41) is 7.74. The number of carbonyl (C=O) groups excluding carboxylic acids is 1. The van der Waals surface area contributed by atoms with Gasteiger partial charge in [0.2, 0.25) is 10.0 Å². The highest BCUT2D eigenvalue weighted by Crippen LogP contribution is 2.30. The smallest absolute Gasteiger partial charge is 0.255 e. The number of hydrogen-bond donors (Lipinski definition) is 2. The van der Waals surface area contributed by atoms with Crippen LogP contribution in [0.25, 0.3) is 0 Å². The Balaban J connectivity index is 2.36. The van der Waals surface area contributed by atoms with Gasteiger partial charge in [0.05, 0.1) is 23.9 Å². The summed E-state index contributed by atoms with van der Waals surface area (Å²) in [6.07, 6.45) is 0. The molecule has 1 amide bonds. The molecular formula is C17H19ClN2O5S. The molecule has 140 valence electrons. The van der Waals surface area contributed by atoms with E-state index in [2.05, 4.69) is 5.32 Å². The maximum Gasteiger partial charge on any atom is 0.255 e. The van der Waals surface area contributed by atoms with Gasteiger partial charge >= 0.3 is 0 Å². The van der Waals surface area contributed by atoms with Gasteiger partial charge in [0, 0.05) is 11.6 Å². The average Bonchev–Trinajstić information content (AvgIpc) is 2.57. The summed E-state index contributed by atoms with van der Waals surface area (Å²) in [4.78, 5) is 12.2. The van der Waals surface area contributed by atoms with Crippen molar-refractivity contribution in [1.29, 1.82) is 0 Å². The molecule has 0 heterocycles. The minimum atomic E-state index is -4.05. The molecule has 2 aromatic rings. The van der Waals surface area contributed by atoms with Gasteiger partial charge in [-0.15, -0.1) is 0 Å². The number of rotatable bonds is 7. The molecule has 26 heavy (non-hydrogen) atoms. The Labute approximate surface area is 157 Å². The van der Waals surface area contributed by atoms with E-state index in [1.165, 1.54) is 12.1 Å². The van der Waals surface area contributed by atoms with Crippen LogP contribution in [0.15, 0.2) is 41.3 Å². The lowest BCUT2D eigenvalue weighted by Gasteiger charge is -2.14. The second-order valence-corrected chi connectivity index (χ2v) is 7.11. The van der Waals surface area contributed by atoms with Crippen molar-refractivity contribution in [2.24, 2.45) is 5.14 Å². The van der Waals surface area contributed by atoms with Crippen molar-refractivity contribution in [3.05, 3.63) is 47.0 Å². The van der Waals surface area contributed by atoms with Crippen molar-refractivity contribution in [3.8, 4) is 11.5 Å². The Hall–Kier alpha value is -2.29. The molecule has 0 aliphatic heterocycles. The maximum atomic E-state index is 12.5. The van der Waals surface area contributed by atoms with E-state index >= 15 is 0 Å². The van der Waals surface area contributed by atoms with Gasteiger partial charge in [0.15, 0.2) is 0 Å². The number of sulfonamides is 1. The van der Waals surface area contributed by atoms with Crippen molar-refractivity contribution < 1.29 is 22.7 Å². The first-order valence-corrected chi connectivity index (χ1v) is 9.72. The minimum Gasteiger partial charge on any atom is -0.494 e. The lowest BCUT2D eigenvalue weighted by Crippen LogP contribution is -2.16. The van der Waals surface area contributed by atoms with Crippen LogP contribution >= 0.6 is 11.6 Å². The predicted octanol–water partition coefficient (Wildman–Crippen LogP) is 3.04. The Morgan fingerprint density at radius 2 is 1.81 bits per heavy atom. The van der Waals surface area contributed by atoms with E-state index in [9.17, 15) is 13.2 Å². The highest BCUT2D eigenvalue weighted by molar-refractivity contribution is 7.89. The quantitative estimate of drug-likeness (QED) is 0.745. The van der Waals surface area contributed by atoms with Crippen molar-refractivity contribution in [2.75, 3.05) is 18.5 Å². The largest absolute Gasteiger partial charge is 0.494 e. The summed E-state index contributed by atoms with van der Waals surface area (Å²) in [6, 6.07) is 8.87. The van der Waals surface area contributed by atoms with Gasteiger partial charge in [-0.25, -0.2) is 13.6 Å². The van der Waals surface area contributed by atoms with E-state index in [-0.39, 0.29) is 15.5 Å². The monoisotopic (exact) mass is 398 g/mol. The number of halogens is 1. The van der Waals surface area contributed by atoms with Crippen LogP contribution in [0.4, 0.5) is 5.69 Å². The highest BCUT2D eigenvalue weighted by atomic mass is 35.5. The molecule has 0 bridgehead atoms. The fourth-order valence-electron chi connectivity index (χ4n) is 2.20. The molecule has 0 unspecified atom stereocenters. The topological polar surface area (TPSA) is 108 Å². The number of carbonyl (C=O) groups is 1. The second-order valence-electron chi connectivity index (χ2n) is 5.17. The van der Waals surface area contributed by atoms with E-state index in [0.717, 1.165) is 6.07 Å². The summed E-state index contributed by atoms with van der Waals surface area (Å²) in [5.41, 5.74) is 0.484. The first kappa shape index (κ1) is 20.0. The molecule has 0 saturated carbocycles. The molecule has 0 aromatic heterocycles. The Morgan fingerprint density at radius 1 is 1.12 bits per heavy atom. The van der Waals surface area contributed by atoms with Gasteiger partial charge in [-0.3, -0.25) is 4.79 Å². The summed E-state index contributed by atoms with van der Waals surface area (Å²) in [5.74, 6) is 0.485. The van der Waals surface area contributed by atoms with Crippen LogP contribution in [-0.4, -0.2) is 27.5 Å². The molecule has 2 aromatic carbocycles. The van der Waals surface area contributed by atoms with E-state index in [0.29, 0.717) is 30.4 Å². The Morgan fingerprint density at radius 3 is 2.42 bits per heavy atom. The van der Waals surface area contributed by atoms with Crippen LogP contribution in [0.2, 0.25) is 5.02 Å². The first-order valence-electron chi connectivity index (χ1n) is 7.79. The van der Waals surface area contributed by atoms with Crippen molar-refractivity contribution in [3.63, 3.8) is 0 Å². The highest BCUT2D eigenvalue weighted by Gasteiger charge is 2.17. The normalized spacial score (nSPS) is 11.1. The van der Waals surface area contributed by atoms with Gasteiger partial charge in [0.1, 0.15) is 16.4 Å². The zero-order chi connectivity index (χ0) is 19.3. The molecule has 0 atom stereocenters.